The van der Waals surface area contributed by atoms with Gasteiger partial charge < -0.3 is 0 Å². The average Bonchev–Trinajstić information content (AvgIpc) is 2.33. The highest BCUT2D eigenvalue weighted by Crippen LogP contribution is 2.20. The molecule has 0 unspecified atom stereocenters. The molecule has 0 aromatic heterocycles. The standard InChI is InChI=1S/C9H10/c1-2-5-9-7-3-6-8(9)4-1/h1-2,4-5H,3,6-7H2/i6+2. The van der Waals surface area contributed by atoms with Crippen LogP contribution in [0.5, 0.6) is 0 Å². The zero-order chi connectivity index (χ0) is 6.10. The van der Waals surface area contributed by atoms with Gasteiger partial charge in [-0.15, -0.1) is 0 Å². The number of rotatable bonds is 0. The lowest BCUT2D eigenvalue weighted by Crippen LogP contribution is -1.77. The van der Waals surface area contributed by atoms with Gasteiger partial charge in [0.25, 0.3) is 0 Å². The minimum atomic E-state index is 1.30. The van der Waals surface area contributed by atoms with Crippen molar-refractivity contribution in [3.63, 3.8) is 0 Å². The maximum atomic E-state index is 2.24. The smallest absolute Gasteiger partial charge is 0.0273 e. The molecule has 0 nitrogen and oxygen atoms in total. The van der Waals surface area contributed by atoms with Crippen LogP contribution in [0.1, 0.15) is 17.5 Å². The zero-order valence-electron chi connectivity index (χ0n) is 5.43. The van der Waals surface area contributed by atoms with E-state index in [1.54, 1.807) is 11.1 Å². The number of fused-ring (bicyclic) bond motifs is 1. The van der Waals surface area contributed by atoms with E-state index in [2.05, 4.69) is 24.3 Å². The largest absolute Gasteiger partial charge is 0.0620 e. The van der Waals surface area contributed by atoms with Gasteiger partial charge in [0, 0.05) is 0 Å². The molecule has 0 fully saturated rings. The van der Waals surface area contributed by atoms with Gasteiger partial charge in [0.05, 0.1) is 0 Å². The second-order valence-electron chi connectivity index (χ2n) is 2.62. The molecule has 0 saturated heterocycles. The van der Waals surface area contributed by atoms with Crippen molar-refractivity contribution in [1.29, 1.82) is 0 Å². The second kappa shape index (κ2) is 1.87. The lowest BCUT2D eigenvalue weighted by atomic mass is 10.2. The lowest BCUT2D eigenvalue weighted by molar-refractivity contribution is 0.912. The Morgan fingerprint density at radius 3 is 3.00 bits per heavy atom. The fourth-order valence-electron chi connectivity index (χ4n) is 1.51. The minimum Gasteiger partial charge on any atom is -0.0620 e. The van der Waals surface area contributed by atoms with Crippen LogP contribution < -0.4 is 0 Å². The molecule has 46 valence electrons. The molecular formula is C9H10. The summed E-state index contributed by atoms with van der Waals surface area (Å²) in [7, 11) is 0. The first-order valence-electron chi connectivity index (χ1n) is 3.53. The van der Waals surface area contributed by atoms with Crippen LogP contribution in [0.2, 0.25) is 0 Å². The van der Waals surface area contributed by atoms with Gasteiger partial charge >= 0.3 is 0 Å². The minimum absolute atomic E-state index is 1.30. The predicted octanol–water partition coefficient (Wildman–Crippen LogP) is 2.18. The van der Waals surface area contributed by atoms with Gasteiger partial charge in [-0.1, -0.05) is 24.3 Å². The van der Waals surface area contributed by atoms with Crippen molar-refractivity contribution < 1.29 is 0 Å². The molecule has 0 amide bonds. The third kappa shape index (κ3) is 0.748. The van der Waals surface area contributed by atoms with Crippen LogP contribution in [0.4, 0.5) is 0 Å². The molecule has 0 aliphatic heterocycles. The van der Waals surface area contributed by atoms with Crippen LogP contribution in [0, 0.1) is 0 Å². The summed E-state index contributed by atoms with van der Waals surface area (Å²) in [6.07, 6.45) is 3.96. The summed E-state index contributed by atoms with van der Waals surface area (Å²) in [5.41, 5.74) is 3.13. The van der Waals surface area contributed by atoms with Crippen molar-refractivity contribution in [3.05, 3.63) is 35.4 Å². The molecule has 1 aliphatic carbocycles. The Kier molecular flexibility index (Phi) is 1.05. The van der Waals surface area contributed by atoms with Gasteiger partial charge in [0.1, 0.15) is 0 Å². The molecule has 0 atom stereocenters. The average molecular weight is 120 g/mol. The quantitative estimate of drug-likeness (QED) is 0.492. The SMILES string of the molecule is c1ccc2c(c1)CC[14CH2]2. The second-order valence-corrected chi connectivity index (χ2v) is 2.62. The molecule has 0 heteroatoms. The third-order valence-electron chi connectivity index (χ3n) is 2.01. The van der Waals surface area contributed by atoms with Gasteiger partial charge in [-0.05, 0) is 30.4 Å². The first-order chi connectivity index (χ1) is 4.47. The molecule has 1 aromatic carbocycles. The van der Waals surface area contributed by atoms with Crippen molar-refractivity contribution in [2.75, 3.05) is 0 Å². The Morgan fingerprint density at radius 1 is 1.22 bits per heavy atom. The molecule has 0 saturated carbocycles. The van der Waals surface area contributed by atoms with Crippen LogP contribution in [-0.2, 0) is 12.8 Å². The highest BCUT2D eigenvalue weighted by Gasteiger charge is 2.07. The van der Waals surface area contributed by atoms with Gasteiger partial charge in [0.15, 0.2) is 0 Å². The van der Waals surface area contributed by atoms with Crippen molar-refractivity contribution in [1.82, 2.24) is 0 Å². The van der Waals surface area contributed by atoms with E-state index in [0.717, 1.165) is 0 Å². The Labute approximate surface area is 55.5 Å². The topological polar surface area (TPSA) is 0 Å². The summed E-state index contributed by atoms with van der Waals surface area (Å²) in [5.74, 6) is 0. The van der Waals surface area contributed by atoms with Crippen molar-refractivity contribution in [3.8, 4) is 0 Å². The van der Waals surface area contributed by atoms with Gasteiger partial charge in [0.2, 0.25) is 0 Å². The van der Waals surface area contributed by atoms with Gasteiger partial charge in [-0.2, -0.15) is 0 Å². The van der Waals surface area contributed by atoms with Crippen LogP contribution in [-0.4, -0.2) is 0 Å². The van der Waals surface area contributed by atoms with E-state index < -0.39 is 0 Å². The number of hydrogen-bond acceptors (Lipinski definition) is 0. The normalized spacial score (nSPS) is 15.6. The highest BCUT2D eigenvalue weighted by molar-refractivity contribution is 5.30. The van der Waals surface area contributed by atoms with E-state index in [4.69, 9.17) is 0 Å². The van der Waals surface area contributed by atoms with Crippen LogP contribution in [0.25, 0.3) is 0 Å². The molecule has 0 N–H and O–H groups in total. The highest BCUT2D eigenvalue weighted by atomic mass is 14.9. The Bertz CT molecular complexity index is 190. The molecule has 0 heterocycles. The van der Waals surface area contributed by atoms with Crippen molar-refractivity contribution in [2.24, 2.45) is 0 Å². The molecular weight excluding hydrogens is 110 g/mol. The molecule has 0 spiro atoms. The predicted molar refractivity (Wildman–Crippen MR) is 38.5 cm³/mol. The molecule has 9 heavy (non-hydrogen) atoms. The number of aryl methyl sites for hydroxylation is 2. The zero-order valence-corrected chi connectivity index (χ0v) is 5.43. The van der Waals surface area contributed by atoms with Gasteiger partial charge in [-0.3, -0.25) is 0 Å². The van der Waals surface area contributed by atoms with E-state index in [1.807, 2.05) is 0 Å². The third-order valence-corrected chi connectivity index (χ3v) is 2.01. The van der Waals surface area contributed by atoms with E-state index in [0.29, 0.717) is 0 Å². The van der Waals surface area contributed by atoms with Crippen LogP contribution >= 0.6 is 0 Å². The maximum Gasteiger partial charge on any atom is -0.0273 e. The van der Waals surface area contributed by atoms with Crippen LogP contribution in [0.3, 0.4) is 0 Å². The summed E-state index contributed by atoms with van der Waals surface area (Å²) < 4.78 is 0. The van der Waals surface area contributed by atoms with E-state index in [9.17, 15) is 0 Å². The fraction of sp³-hybridized carbons (Fsp3) is 0.333. The Hall–Kier alpha value is -0.780. The molecule has 1 aliphatic rings. The molecule has 0 radical (unpaired) electrons. The van der Waals surface area contributed by atoms with E-state index in [1.165, 1.54) is 19.3 Å². The molecule has 2 rings (SSSR count). The summed E-state index contributed by atoms with van der Waals surface area (Å²) in [6.45, 7) is 0. The maximum absolute atomic E-state index is 2.24. The summed E-state index contributed by atoms with van der Waals surface area (Å²) in [6, 6.07) is 8.74. The van der Waals surface area contributed by atoms with Crippen molar-refractivity contribution >= 4 is 0 Å². The van der Waals surface area contributed by atoms with Crippen LogP contribution in [0.15, 0.2) is 24.3 Å². The van der Waals surface area contributed by atoms with Gasteiger partial charge in [-0.25, -0.2) is 0 Å². The summed E-state index contributed by atoms with van der Waals surface area (Å²) >= 11 is 0. The Balaban J connectivity index is 2.54. The monoisotopic (exact) mass is 120 g/mol. The molecule has 0 bridgehead atoms. The Morgan fingerprint density at radius 2 is 2.11 bits per heavy atom. The van der Waals surface area contributed by atoms with Crippen molar-refractivity contribution in [2.45, 2.75) is 19.3 Å². The number of benzene rings is 1. The first kappa shape index (κ1) is 5.04. The summed E-state index contributed by atoms with van der Waals surface area (Å²) in [5, 5.41) is 0. The summed E-state index contributed by atoms with van der Waals surface area (Å²) in [4.78, 5) is 0. The van der Waals surface area contributed by atoms with E-state index >= 15 is 0 Å². The number of hydrogen-bond donors (Lipinski definition) is 0. The first-order valence-corrected chi connectivity index (χ1v) is 3.53. The lowest BCUT2D eigenvalue weighted by Gasteiger charge is -1.93. The van der Waals surface area contributed by atoms with E-state index in [-0.39, 0.29) is 0 Å². The molecule has 1 aromatic rings. The fourth-order valence-corrected chi connectivity index (χ4v) is 1.51.